The molecule has 1 fully saturated rings. The van der Waals surface area contributed by atoms with Gasteiger partial charge in [-0.05, 0) is 31.7 Å². The number of carbonyl (C=O) groups is 2. The molecule has 1 aliphatic rings. The minimum atomic E-state index is -0.322. The molecule has 0 aromatic heterocycles. The third-order valence-corrected chi connectivity index (χ3v) is 3.45. The minimum Gasteiger partial charge on any atom is -0.370 e. The molecule has 2 unspecified atom stereocenters. The highest BCUT2D eigenvalue weighted by molar-refractivity contribution is 5.79. The second-order valence-corrected chi connectivity index (χ2v) is 4.75. The van der Waals surface area contributed by atoms with Crippen LogP contribution in [0.3, 0.4) is 0 Å². The Bertz CT molecular complexity index is 268. The molecule has 1 saturated carbocycles. The summed E-state index contributed by atoms with van der Waals surface area (Å²) in [5.74, 6) is 0.142. The van der Waals surface area contributed by atoms with E-state index >= 15 is 0 Å². The van der Waals surface area contributed by atoms with Gasteiger partial charge in [0.15, 0.2) is 0 Å². The molecule has 0 aliphatic heterocycles. The first-order chi connectivity index (χ1) is 8.15. The first-order valence-electron chi connectivity index (χ1n) is 6.41. The number of rotatable bonds is 6. The molecule has 17 heavy (non-hydrogen) atoms. The van der Waals surface area contributed by atoms with Crippen molar-refractivity contribution in [1.82, 2.24) is 5.32 Å². The van der Waals surface area contributed by atoms with E-state index in [1.165, 1.54) is 6.42 Å². The molecule has 2 atom stereocenters. The van der Waals surface area contributed by atoms with Crippen LogP contribution in [0.4, 0.5) is 0 Å². The van der Waals surface area contributed by atoms with Gasteiger partial charge < -0.3 is 16.8 Å². The molecule has 0 aromatic rings. The monoisotopic (exact) mass is 241 g/mol. The van der Waals surface area contributed by atoms with Crippen molar-refractivity contribution in [2.45, 2.75) is 38.5 Å². The quantitative estimate of drug-likeness (QED) is 0.576. The SMILES string of the molecule is NCC1CCCCC1C(=O)NCCCC(N)=O. The predicted molar refractivity (Wildman–Crippen MR) is 65.9 cm³/mol. The Labute approximate surface area is 102 Å². The van der Waals surface area contributed by atoms with Gasteiger partial charge in [-0.3, -0.25) is 9.59 Å². The van der Waals surface area contributed by atoms with Crippen LogP contribution in [0.25, 0.3) is 0 Å². The Morgan fingerprint density at radius 3 is 2.59 bits per heavy atom. The van der Waals surface area contributed by atoms with Crippen molar-refractivity contribution in [2.75, 3.05) is 13.1 Å². The highest BCUT2D eigenvalue weighted by Gasteiger charge is 2.29. The Hall–Kier alpha value is -1.10. The number of hydrogen-bond acceptors (Lipinski definition) is 3. The summed E-state index contributed by atoms with van der Waals surface area (Å²) in [6, 6.07) is 0. The Morgan fingerprint density at radius 1 is 1.24 bits per heavy atom. The molecule has 5 heteroatoms. The molecular weight excluding hydrogens is 218 g/mol. The van der Waals surface area contributed by atoms with Crippen molar-refractivity contribution in [2.24, 2.45) is 23.3 Å². The van der Waals surface area contributed by atoms with E-state index in [1.807, 2.05) is 0 Å². The summed E-state index contributed by atoms with van der Waals surface area (Å²) >= 11 is 0. The average Bonchev–Trinajstić information content (AvgIpc) is 2.34. The molecule has 0 bridgehead atoms. The second-order valence-electron chi connectivity index (χ2n) is 4.75. The fourth-order valence-electron chi connectivity index (χ4n) is 2.44. The fraction of sp³-hybridized carbons (Fsp3) is 0.833. The number of nitrogens with two attached hydrogens (primary N) is 2. The van der Waals surface area contributed by atoms with Crippen molar-refractivity contribution < 1.29 is 9.59 Å². The zero-order valence-corrected chi connectivity index (χ0v) is 10.3. The van der Waals surface area contributed by atoms with Crippen molar-refractivity contribution in [3.63, 3.8) is 0 Å². The van der Waals surface area contributed by atoms with E-state index in [0.717, 1.165) is 19.3 Å². The summed E-state index contributed by atoms with van der Waals surface area (Å²) in [5, 5.41) is 2.87. The van der Waals surface area contributed by atoms with Crippen LogP contribution in [0.2, 0.25) is 0 Å². The summed E-state index contributed by atoms with van der Waals surface area (Å²) < 4.78 is 0. The van der Waals surface area contributed by atoms with Gasteiger partial charge in [-0.2, -0.15) is 0 Å². The first-order valence-corrected chi connectivity index (χ1v) is 6.41. The molecule has 5 nitrogen and oxygen atoms in total. The Kier molecular flexibility index (Phi) is 5.97. The molecule has 5 N–H and O–H groups in total. The van der Waals surface area contributed by atoms with E-state index in [0.29, 0.717) is 31.8 Å². The lowest BCUT2D eigenvalue weighted by Crippen LogP contribution is -2.39. The normalized spacial score (nSPS) is 24.3. The number of primary amides is 1. The first kappa shape index (κ1) is 14.0. The summed E-state index contributed by atoms with van der Waals surface area (Å²) in [6.07, 6.45) is 5.20. The van der Waals surface area contributed by atoms with Crippen LogP contribution in [0.15, 0.2) is 0 Å². The molecular formula is C12H23N3O2. The van der Waals surface area contributed by atoms with Crippen LogP contribution in [-0.2, 0) is 9.59 Å². The number of carbonyl (C=O) groups excluding carboxylic acids is 2. The van der Waals surface area contributed by atoms with Gasteiger partial charge in [0.05, 0.1) is 0 Å². The number of nitrogens with one attached hydrogen (secondary N) is 1. The largest absolute Gasteiger partial charge is 0.370 e. The maximum Gasteiger partial charge on any atom is 0.223 e. The van der Waals surface area contributed by atoms with E-state index in [-0.39, 0.29) is 17.7 Å². The lowest BCUT2D eigenvalue weighted by Gasteiger charge is -2.29. The van der Waals surface area contributed by atoms with E-state index in [4.69, 9.17) is 11.5 Å². The van der Waals surface area contributed by atoms with Crippen molar-refractivity contribution >= 4 is 11.8 Å². The van der Waals surface area contributed by atoms with Gasteiger partial charge in [-0.1, -0.05) is 12.8 Å². The number of amides is 2. The summed E-state index contributed by atoms with van der Waals surface area (Å²) in [4.78, 5) is 22.5. The minimum absolute atomic E-state index is 0.0577. The Balaban J connectivity index is 2.27. The lowest BCUT2D eigenvalue weighted by atomic mass is 9.79. The summed E-state index contributed by atoms with van der Waals surface area (Å²) in [7, 11) is 0. The molecule has 0 saturated heterocycles. The maximum atomic E-state index is 11.9. The number of hydrogen-bond donors (Lipinski definition) is 3. The molecule has 1 aliphatic carbocycles. The maximum absolute atomic E-state index is 11.9. The van der Waals surface area contributed by atoms with Gasteiger partial charge in [0.1, 0.15) is 0 Å². The summed E-state index contributed by atoms with van der Waals surface area (Å²) in [6.45, 7) is 1.11. The predicted octanol–water partition coefficient (Wildman–Crippen LogP) is 0.133. The van der Waals surface area contributed by atoms with Gasteiger partial charge in [0.25, 0.3) is 0 Å². The van der Waals surface area contributed by atoms with Crippen LogP contribution in [-0.4, -0.2) is 24.9 Å². The van der Waals surface area contributed by atoms with Crippen LogP contribution < -0.4 is 16.8 Å². The van der Waals surface area contributed by atoms with E-state index < -0.39 is 0 Å². The zero-order valence-electron chi connectivity index (χ0n) is 10.3. The van der Waals surface area contributed by atoms with Gasteiger partial charge >= 0.3 is 0 Å². The van der Waals surface area contributed by atoms with Crippen LogP contribution in [0, 0.1) is 11.8 Å². The van der Waals surface area contributed by atoms with E-state index in [9.17, 15) is 9.59 Å². The molecule has 0 spiro atoms. The van der Waals surface area contributed by atoms with Gasteiger partial charge in [0.2, 0.25) is 11.8 Å². The topological polar surface area (TPSA) is 98.2 Å². The van der Waals surface area contributed by atoms with Crippen molar-refractivity contribution in [1.29, 1.82) is 0 Å². The molecule has 0 radical (unpaired) electrons. The van der Waals surface area contributed by atoms with Crippen molar-refractivity contribution in [3.05, 3.63) is 0 Å². The average molecular weight is 241 g/mol. The van der Waals surface area contributed by atoms with Crippen molar-refractivity contribution in [3.8, 4) is 0 Å². The molecule has 0 heterocycles. The van der Waals surface area contributed by atoms with Crippen LogP contribution >= 0.6 is 0 Å². The van der Waals surface area contributed by atoms with Gasteiger partial charge in [0, 0.05) is 18.9 Å². The fourth-order valence-corrected chi connectivity index (χ4v) is 2.44. The third-order valence-electron chi connectivity index (χ3n) is 3.45. The van der Waals surface area contributed by atoms with Crippen LogP contribution in [0.5, 0.6) is 0 Å². The van der Waals surface area contributed by atoms with Gasteiger partial charge in [-0.15, -0.1) is 0 Å². The van der Waals surface area contributed by atoms with E-state index in [1.54, 1.807) is 0 Å². The highest BCUT2D eigenvalue weighted by Crippen LogP contribution is 2.29. The second kappa shape index (κ2) is 7.27. The molecule has 0 aromatic carbocycles. The third kappa shape index (κ3) is 4.73. The molecule has 1 rings (SSSR count). The smallest absolute Gasteiger partial charge is 0.223 e. The Morgan fingerprint density at radius 2 is 1.94 bits per heavy atom. The van der Waals surface area contributed by atoms with Gasteiger partial charge in [-0.25, -0.2) is 0 Å². The highest BCUT2D eigenvalue weighted by atomic mass is 16.2. The van der Waals surface area contributed by atoms with Crippen LogP contribution in [0.1, 0.15) is 38.5 Å². The zero-order chi connectivity index (χ0) is 12.7. The standard InChI is InChI=1S/C12H23N3O2/c13-8-9-4-1-2-5-10(9)12(17)15-7-3-6-11(14)16/h9-10H,1-8,13H2,(H2,14,16)(H,15,17). The molecule has 98 valence electrons. The van der Waals surface area contributed by atoms with E-state index in [2.05, 4.69) is 5.32 Å². The summed E-state index contributed by atoms with van der Waals surface area (Å²) in [5.41, 5.74) is 10.7. The lowest BCUT2D eigenvalue weighted by molar-refractivity contribution is -0.128. The molecule has 2 amide bonds.